The van der Waals surface area contributed by atoms with Gasteiger partial charge in [-0.3, -0.25) is 0 Å². The molecule has 118 valence electrons. The first-order chi connectivity index (χ1) is 11.4. The number of hydrogen-bond acceptors (Lipinski definition) is 5. The number of benzene rings is 2. The number of fused-ring (bicyclic) bond motifs is 1. The predicted molar refractivity (Wildman–Crippen MR) is 93.5 cm³/mol. The van der Waals surface area contributed by atoms with Gasteiger partial charge in [-0.2, -0.15) is 0 Å². The van der Waals surface area contributed by atoms with E-state index in [1.807, 2.05) is 36.4 Å². The van der Waals surface area contributed by atoms with Gasteiger partial charge >= 0.3 is 0 Å². The van der Waals surface area contributed by atoms with Crippen molar-refractivity contribution < 1.29 is 9.47 Å². The highest BCUT2D eigenvalue weighted by atomic mass is 32.1. The van der Waals surface area contributed by atoms with Gasteiger partial charge in [0.15, 0.2) is 5.13 Å². The molecule has 0 saturated carbocycles. The molecule has 0 aliphatic carbocycles. The lowest BCUT2D eigenvalue weighted by Gasteiger charge is -2.23. The van der Waals surface area contributed by atoms with Gasteiger partial charge in [0, 0.05) is 6.54 Å². The number of aromatic nitrogens is 1. The van der Waals surface area contributed by atoms with Gasteiger partial charge in [0.05, 0.1) is 30.0 Å². The van der Waals surface area contributed by atoms with E-state index in [2.05, 4.69) is 23.1 Å². The summed E-state index contributed by atoms with van der Waals surface area (Å²) < 4.78 is 13.0. The Morgan fingerprint density at radius 1 is 1.09 bits per heavy atom. The number of nitrogens with zero attached hydrogens (tertiary/aromatic N) is 2. The zero-order valence-electron chi connectivity index (χ0n) is 12.7. The summed E-state index contributed by atoms with van der Waals surface area (Å²) in [5, 5.41) is 1.04. The van der Waals surface area contributed by atoms with Crippen LogP contribution in [0.15, 0.2) is 54.6 Å². The molecule has 2 aromatic carbocycles. The molecule has 5 heteroatoms. The van der Waals surface area contributed by atoms with E-state index in [1.54, 1.807) is 11.3 Å². The van der Waals surface area contributed by atoms with Crippen LogP contribution in [0.5, 0.6) is 5.75 Å². The molecule has 1 atom stereocenters. The van der Waals surface area contributed by atoms with E-state index in [0.29, 0.717) is 13.2 Å². The lowest BCUT2D eigenvalue weighted by atomic mass is 10.3. The highest BCUT2D eigenvalue weighted by Gasteiger charge is 2.22. The van der Waals surface area contributed by atoms with Gasteiger partial charge in [0.2, 0.25) is 0 Å². The third-order valence-electron chi connectivity index (χ3n) is 3.83. The fourth-order valence-electron chi connectivity index (χ4n) is 2.71. The molecule has 2 heterocycles. The van der Waals surface area contributed by atoms with E-state index < -0.39 is 0 Å². The summed E-state index contributed by atoms with van der Waals surface area (Å²) in [6.07, 6.45) is 0.00640. The van der Waals surface area contributed by atoms with E-state index in [9.17, 15) is 0 Å². The van der Waals surface area contributed by atoms with Gasteiger partial charge in [0.1, 0.15) is 11.9 Å². The molecule has 1 aliphatic heterocycles. The van der Waals surface area contributed by atoms with Crippen molar-refractivity contribution in [2.75, 3.05) is 31.2 Å². The van der Waals surface area contributed by atoms with Crippen molar-refractivity contribution in [2.24, 2.45) is 0 Å². The Hall–Kier alpha value is -2.11. The molecule has 4 nitrogen and oxygen atoms in total. The molecule has 0 amide bonds. The largest absolute Gasteiger partial charge is 0.486 e. The predicted octanol–water partition coefficient (Wildman–Crippen LogP) is 3.58. The number of hydrogen-bond donors (Lipinski definition) is 0. The molecular weight excluding hydrogens is 308 g/mol. The fraction of sp³-hybridized carbons (Fsp3) is 0.278. The maximum Gasteiger partial charge on any atom is 0.186 e. The van der Waals surface area contributed by atoms with E-state index in [4.69, 9.17) is 14.5 Å². The van der Waals surface area contributed by atoms with Gasteiger partial charge in [-0.1, -0.05) is 41.7 Å². The first kappa shape index (κ1) is 14.5. The highest BCUT2D eigenvalue weighted by Crippen LogP contribution is 2.29. The Morgan fingerprint density at radius 2 is 1.91 bits per heavy atom. The van der Waals surface area contributed by atoms with Crippen LogP contribution in [0.25, 0.3) is 10.2 Å². The Kier molecular flexibility index (Phi) is 4.13. The first-order valence-electron chi connectivity index (χ1n) is 7.78. The lowest BCUT2D eigenvalue weighted by molar-refractivity contribution is 0.0730. The zero-order valence-corrected chi connectivity index (χ0v) is 13.5. The van der Waals surface area contributed by atoms with Gasteiger partial charge < -0.3 is 14.4 Å². The Balaban J connectivity index is 1.53. The van der Waals surface area contributed by atoms with Crippen molar-refractivity contribution in [2.45, 2.75) is 6.10 Å². The smallest absolute Gasteiger partial charge is 0.186 e. The Morgan fingerprint density at radius 3 is 2.78 bits per heavy atom. The SMILES string of the molecule is c1ccc(OC2COCCN(c3nc4ccccc4s3)C2)cc1. The summed E-state index contributed by atoms with van der Waals surface area (Å²) in [7, 11) is 0. The van der Waals surface area contributed by atoms with Crippen molar-refractivity contribution in [1.82, 2.24) is 4.98 Å². The highest BCUT2D eigenvalue weighted by molar-refractivity contribution is 7.22. The van der Waals surface area contributed by atoms with Gasteiger partial charge in [-0.25, -0.2) is 4.98 Å². The van der Waals surface area contributed by atoms with Crippen LogP contribution in [-0.4, -0.2) is 37.4 Å². The Labute approximate surface area is 139 Å². The topological polar surface area (TPSA) is 34.6 Å². The summed E-state index contributed by atoms with van der Waals surface area (Å²) in [4.78, 5) is 7.02. The van der Waals surface area contributed by atoms with E-state index in [1.165, 1.54) is 4.70 Å². The monoisotopic (exact) mass is 326 g/mol. The minimum Gasteiger partial charge on any atom is -0.486 e. The van der Waals surface area contributed by atoms with Gasteiger partial charge in [0.25, 0.3) is 0 Å². The normalized spacial score (nSPS) is 18.8. The van der Waals surface area contributed by atoms with E-state index >= 15 is 0 Å². The van der Waals surface area contributed by atoms with Crippen LogP contribution in [0.3, 0.4) is 0 Å². The summed E-state index contributed by atoms with van der Waals surface area (Å²) in [6, 6.07) is 18.2. The van der Waals surface area contributed by atoms with Crippen molar-refractivity contribution in [3.63, 3.8) is 0 Å². The molecule has 0 radical (unpaired) electrons. The third kappa shape index (κ3) is 3.30. The molecule has 0 bridgehead atoms. The van der Waals surface area contributed by atoms with E-state index in [-0.39, 0.29) is 6.10 Å². The Bertz CT molecular complexity index is 742. The molecule has 1 fully saturated rings. The van der Waals surface area contributed by atoms with Crippen LogP contribution >= 0.6 is 11.3 Å². The second-order valence-corrected chi connectivity index (χ2v) is 6.55. The number of para-hydroxylation sites is 2. The van der Waals surface area contributed by atoms with Crippen LogP contribution in [0, 0.1) is 0 Å². The standard InChI is InChI=1S/C18H18N2O2S/c1-2-6-14(7-3-1)22-15-12-20(10-11-21-13-15)18-19-16-8-4-5-9-17(16)23-18/h1-9,15H,10-13H2. The fourth-order valence-corrected chi connectivity index (χ4v) is 3.71. The number of rotatable bonds is 3. The lowest BCUT2D eigenvalue weighted by Crippen LogP contribution is -2.36. The second kappa shape index (κ2) is 6.56. The maximum absolute atomic E-state index is 6.07. The molecule has 1 aliphatic rings. The van der Waals surface area contributed by atoms with Crippen LogP contribution < -0.4 is 9.64 Å². The molecule has 1 saturated heterocycles. The van der Waals surface area contributed by atoms with Crippen LogP contribution in [-0.2, 0) is 4.74 Å². The second-order valence-electron chi connectivity index (χ2n) is 5.54. The molecule has 23 heavy (non-hydrogen) atoms. The molecule has 0 spiro atoms. The molecule has 3 aromatic rings. The summed E-state index contributed by atoms with van der Waals surface area (Å²) >= 11 is 1.73. The summed E-state index contributed by atoms with van der Waals surface area (Å²) in [5.41, 5.74) is 1.05. The summed E-state index contributed by atoms with van der Waals surface area (Å²) in [6.45, 7) is 2.93. The van der Waals surface area contributed by atoms with Crippen molar-refractivity contribution in [1.29, 1.82) is 0 Å². The number of anilines is 1. The van der Waals surface area contributed by atoms with Crippen LogP contribution in [0.4, 0.5) is 5.13 Å². The quantitative estimate of drug-likeness (QED) is 0.737. The zero-order chi connectivity index (χ0) is 15.5. The molecule has 1 unspecified atom stereocenters. The van der Waals surface area contributed by atoms with Crippen molar-refractivity contribution in [3.8, 4) is 5.75 Å². The van der Waals surface area contributed by atoms with Gasteiger partial charge in [-0.15, -0.1) is 0 Å². The van der Waals surface area contributed by atoms with Gasteiger partial charge in [-0.05, 0) is 24.3 Å². The van der Waals surface area contributed by atoms with Crippen LogP contribution in [0.2, 0.25) is 0 Å². The van der Waals surface area contributed by atoms with Crippen LogP contribution in [0.1, 0.15) is 0 Å². The van der Waals surface area contributed by atoms with Crippen molar-refractivity contribution >= 4 is 26.7 Å². The molecule has 0 N–H and O–H groups in total. The molecular formula is C18H18N2O2S. The third-order valence-corrected chi connectivity index (χ3v) is 4.93. The summed E-state index contributed by atoms with van der Waals surface area (Å²) in [5.74, 6) is 0.882. The first-order valence-corrected chi connectivity index (χ1v) is 8.60. The molecule has 1 aromatic heterocycles. The minimum atomic E-state index is 0.00640. The maximum atomic E-state index is 6.07. The number of ether oxygens (including phenoxy) is 2. The molecule has 4 rings (SSSR count). The average Bonchev–Trinajstić information content (AvgIpc) is 2.89. The van der Waals surface area contributed by atoms with E-state index in [0.717, 1.165) is 29.5 Å². The average molecular weight is 326 g/mol. The minimum absolute atomic E-state index is 0.00640. The van der Waals surface area contributed by atoms with Crippen molar-refractivity contribution in [3.05, 3.63) is 54.6 Å². The number of thiazole rings is 1.